The Bertz CT molecular complexity index is 1500. The monoisotopic (exact) mass is 353 g/mol. The van der Waals surface area contributed by atoms with E-state index >= 15 is 0 Å². The second-order valence-corrected chi connectivity index (χ2v) is 6.96. The van der Waals surface area contributed by atoms with Crippen molar-refractivity contribution in [2.24, 2.45) is 0 Å². The Hall–Kier alpha value is -3.10. The molecule has 2 aromatic heterocycles. The van der Waals surface area contributed by atoms with Crippen LogP contribution in [0.4, 0.5) is 0 Å². The number of benzene rings is 4. The number of nitrogens with zero attached hydrogens (tertiary/aromatic N) is 1. The fourth-order valence-corrected chi connectivity index (χ4v) is 4.16. The molecule has 2 nitrogen and oxygen atoms in total. The molecule has 3 heteroatoms. The van der Waals surface area contributed by atoms with Gasteiger partial charge in [0.15, 0.2) is 5.58 Å². The summed E-state index contributed by atoms with van der Waals surface area (Å²) >= 11 is 6.11. The van der Waals surface area contributed by atoms with Gasteiger partial charge in [-0.1, -0.05) is 60.1 Å². The van der Waals surface area contributed by atoms with Gasteiger partial charge >= 0.3 is 0 Å². The zero-order valence-corrected chi connectivity index (χ0v) is 14.4. The molecule has 0 bridgehead atoms. The van der Waals surface area contributed by atoms with Crippen LogP contribution < -0.4 is 0 Å². The Morgan fingerprint density at radius 3 is 1.81 bits per heavy atom. The molecule has 0 aliphatic rings. The average molecular weight is 354 g/mol. The number of fused-ring (bicyclic) bond motifs is 9. The quantitative estimate of drug-likeness (QED) is 0.215. The Balaban J connectivity index is 1.94. The van der Waals surface area contributed by atoms with E-state index in [9.17, 15) is 0 Å². The molecule has 0 radical (unpaired) electrons. The number of pyridine rings is 1. The molecule has 0 fully saturated rings. The first kappa shape index (κ1) is 14.1. The first-order chi connectivity index (χ1) is 12.8. The fraction of sp³-hybridized carbons (Fsp3) is 0. The molecule has 0 N–H and O–H groups in total. The van der Waals surface area contributed by atoms with E-state index in [2.05, 4.69) is 65.6 Å². The molecule has 6 rings (SSSR count). The van der Waals surface area contributed by atoms with E-state index in [1.54, 1.807) is 6.07 Å². The molecule has 2 heterocycles. The third-order valence-electron chi connectivity index (χ3n) is 5.14. The van der Waals surface area contributed by atoms with Crippen molar-refractivity contribution in [2.75, 3.05) is 0 Å². The lowest BCUT2D eigenvalue weighted by Gasteiger charge is -2.10. The van der Waals surface area contributed by atoms with Crippen molar-refractivity contribution in [3.05, 3.63) is 77.9 Å². The number of hydrogen-bond acceptors (Lipinski definition) is 2. The zero-order chi connectivity index (χ0) is 17.3. The number of halogens is 1. The molecule has 0 aliphatic heterocycles. The highest BCUT2D eigenvalue weighted by Crippen LogP contribution is 2.39. The Morgan fingerprint density at radius 2 is 1.15 bits per heavy atom. The fourth-order valence-electron chi connectivity index (χ4n) is 4.02. The summed E-state index contributed by atoms with van der Waals surface area (Å²) in [6.45, 7) is 0. The predicted molar refractivity (Wildman–Crippen MR) is 109 cm³/mol. The molecule has 0 saturated carbocycles. The van der Waals surface area contributed by atoms with Crippen LogP contribution >= 0.6 is 11.6 Å². The summed E-state index contributed by atoms with van der Waals surface area (Å²) in [5, 5.41) is 8.85. The van der Waals surface area contributed by atoms with Crippen LogP contribution in [0.5, 0.6) is 0 Å². The number of furan rings is 1. The third kappa shape index (κ3) is 1.80. The summed E-state index contributed by atoms with van der Waals surface area (Å²) in [7, 11) is 0. The van der Waals surface area contributed by atoms with E-state index in [1.165, 1.54) is 32.3 Å². The van der Waals surface area contributed by atoms with Crippen LogP contribution in [0.15, 0.2) is 77.2 Å². The van der Waals surface area contributed by atoms with Crippen molar-refractivity contribution >= 4 is 66.0 Å². The van der Waals surface area contributed by atoms with Crippen LogP contribution in [-0.2, 0) is 0 Å². The van der Waals surface area contributed by atoms with Gasteiger partial charge in [-0.25, -0.2) is 4.98 Å². The molecular formula is C23H12ClNO. The van der Waals surface area contributed by atoms with Crippen molar-refractivity contribution in [2.45, 2.75) is 0 Å². The van der Waals surface area contributed by atoms with Gasteiger partial charge < -0.3 is 4.42 Å². The summed E-state index contributed by atoms with van der Waals surface area (Å²) in [6.07, 6.45) is 0. The third-order valence-corrected chi connectivity index (χ3v) is 5.35. The molecule has 0 saturated heterocycles. The minimum atomic E-state index is 0.476. The Morgan fingerprint density at radius 1 is 0.577 bits per heavy atom. The SMILES string of the molecule is Clc1ccc2oc3cc4c5ccccc5c5ccccc5c4cc3c2n1. The second kappa shape index (κ2) is 4.96. The van der Waals surface area contributed by atoms with Crippen LogP contribution in [0.3, 0.4) is 0 Å². The molecule has 122 valence electrons. The lowest BCUT2D eigenvalue weighted by Crippen LogP contribution is -1.83. The lowest BCUT2D eigenvalue weighted by atomic mass is 9.93. The van der Waals surface area contributed by atoms with E-state index in [4.69, 9.17) is 16.0 Å². The molecule has 6 aromatic rings. The smallest absolute Gasteiger partial charge is 0.153 e. The normalized spacial score (nSPS) is 12.0. The van der Waals surface area contributed by atoms with Crippen molar-refractivity contribution in [1.29, 1.82) is 0 Å². The molecule has 0 amide bonds. The Labute approximate surface area is 153 Å². The molecule has 0 atom stereocenters. The summed E-state index contributed by atoms with van der Waals surface area (Å²) in [6, 6.07) is 25.0. The van der Waals surface area contributed by atoms with Gasteiger partial charge in [-0.05, 0) is 56.6 Å². The first-order valence-electron chi connectivity index (χ1n) is 8.51. The predicted octanol–water partition coefficient (Wildman–Crippen LogP) is 7.09. The maximum Gasteiger partial charge on any atom is 0.153 e. The van der Waals surface area contributed by atoms with E-state index in [-0.39, 0.29) is 0 Å². The first-order valence-corrected chi connectivity index (χ1v) is 8.89. The zero-order valence-electron chi connectivity index (χ0n) is 13.7. The highest BCUT2D eigenvalue weighted by molar-refractivity contribution is 6.30. The molecular weight excluding hydrogens is 342 g/mol. The van der Waals surface area contributed by atoms with Gasteiger partial charge in [-0.3, -0.25) is 0 Å². The van der Waals surface area contributed by atoms with E-state index in [1.807, 2.05) is 6.07 Å². The maximum atomic E-state index is 6.11. The molecule has 0 aliphatic carbocycles. The van der Waals surface area contributed by atoms with Crippen molar-refractivity contribution < 1.29 is 4.42 Å². The average Bonchev–Trinajstić information content (AvgIpc) is 3.04. The van der Waals surface area contributed by atoms with Gasteiger partial charge in [0.1, 0.15) is 16.3 Å². The van der Waals surface area contributed by atoms with Crippen LogP contribution in [0.2, 0.25) is 5.15 Å². The second-order valence-electron chi connectivity index (χ2n) is 6.57. The van der Waals surface area contributed by atoms with Gasteiger partial charge in [-0.15, -0.1) is 0 Å². The topological polar surface area (TPSA) is 26.0 Å². The van der Waals surface area contributed by atoms with Gasteiger partial charge in [-0.2, -0.15) is 0 Å². The molecule has 0 unspecified atom stereocenters. The number of rotatable bonds is 0. The number of hydrogen-bond donors (Lipinski definition) is 0. The van der Waals surface area contributed by atoms with Crippen molar-refractivity contribution in [1.82, 2.24) is 4.98 Å². The molecule has 26 heavy (non-hydrogen) atoms. The van der Waals surface area contributed by atoms with E-state index in [0.717, 1.165) is 22.1 Å². The van der Waals surface area contributed by atoms with Gasteiger partial charge in [0, 0.05) is 5.39 Å². The van der Waals surface area contributed by atoms with Crippen molar-refractivity contribution in [3.63, 3.8) is 0 Å². The minimum Gasteiger partial charge on any atom is -0.454 e. The summed E-state index contributed by atoms with van der Waals surface area (Å²) in [4.78, 5) is 4.48. The summed E-state index contributed by atoms with van der Waals surface area (Å²) in [5.74, 6) is 0. The maximum absolute atomic E-state index is 6.11. The van der Waals surface area contributed by atoms with Crippen LogP contribution in [0, 0.1) is 0 Å². The van der Waals surface area contributed by atoms with Gasteiger partial charge in [0.2, 0.25) is 0 Å². The minimum absolute atomic E-state index is 0.476. The summed E-state index contributed by atoms with van der Waals surface area (Å²) in [5.41, 5.74) is 2.41. The largest absolute Gasteiger partial charge is 0.454 e. The number of aromatic nitrogens is 1. The van der Waals surface area contributed by atoms with Gasteiger partial charge in [0.05, 0.1) is 0 Å². The summed E-state index contributed by atoms with van der Waals surface area (Å²) < 4.78 is 6.06. The Kier molecular flexibility index (Phi) is 2.69. The van der Waals surface area contributed by atoms with Crippen LogP contribution in [-0.4, -0.2) is 4.98 Å². The van der Waals surface area contributed by atoms with E-state index in [0.29, 0.717) is 5.15 Å². The van der Waals surface area contributed by atoms with Crippen LogP contribution in [0.25, 0.3) is 54.4 Å². The molecule has 4 aromatic carbocycles. The lowest BCUT2D eigenvalue weighted by molar-refractivity contribution is 0.668. The van der Waals surface area contributed by atoms with E-state index < -0.39 is 0 Å². The standard InChI is InChI=1S/C23H12ClNO/c24-22-10-9-20-23(25-22)19-11-17-15-7-3-1-5-13(15)14-6-2-4-8-16(14)18(17)12-21(19)26-20/h1-12H. The van der Waals surface area contributed by atoms with Gasteiger partial charge in [0.25, 0.3) is 0 Å². The van der Waals surface area contributed by atoms with Crippen molar-refractivity contribution in [3.8, 4) is 0 Å². The molecule has 0 spiro atoms. The highest BCUT2D eigenvalue weighted by atomic mass is 35.5. The highest BCUT2D eigenvalue weighted by Gasteiger charge is 2.14. The van der Waals surface area contributed by atoms with Crippen LogP contribution in [0.1, 0.15) is 0 Å².